The Hall–Kier alpha value is -3.47. The van der Waals surface area contributed by atoms with Gasteiger partial charge < -0.3 is 9.15 Å². The number of hydrogen-bond donors (Lipinski definition) is 0. The van der Waals surface area contributed by atoms with E-state index in [0.29, 0.717) is 31.3 Å². The molecule has 2 aromatic carbocycles. The number of benzene rings is 2. The highest BCUT2D eigenvalue weighted by Gasteiger charge is 2.38. The predicted molar refractivity (Wildman–Crippen MR) is 126 cm³/mol. The van der Waals surface area contributed by atoms with Crippen molar-refractivity contribution in [2.75, 3.05) is 12.5 Å². The molecule has 0 radical (unpaired) electrons. The van der Waals surface area contributed by atoms with Crippen molar-refractivity contribution < 1.29 is 13.9 Å². The van der Waals surface area contributed by atoms with Gasteiger partial charge in [0.25, 0.3) is 0 Å². The van der Waals surface area contributed by atoms with Gasteiger partial charge in [-0.15, -0.1) is 0 Å². The minimum absolute atomic E-state index is 0.0289. The molecular formula is C26H23N3O3S. The second-order valence-electron chi connectivity index (χ2n) is 8.08. The number of ether oxygens (including phenoxy) is 1. The van der Waals surface area contributed by atoms with Gasteiger partial charge in [-0.1, -0.05) is 54.2 Å². The van der Waals surface area contributed by atoms with E-state index < -0.39 is 0 Å². The maximum Gasteiger partial charge on any atom is 0.229 e. The van der Waals surface area contributed by atoms with Crippen LogP contribution in [0.25, 0.3) is 0 Å². The van der Waals surface area contributed by atoms with Gasteiger partial charge in [0.05, 0.1) is 42.0 Å². The minimum Gasteiger partial charge on any atom is -0.489 e. The first-order chi connectivity index (χ1) is 16.2. The first-order valence-electron chi connectivity index (χ1n) is 10.8. The summed E-state index contributed by atoms with van der Waals surface area (Å²) in [5, 5.41) is 10.8. The van der Waals surface area contributed by atoms with Crippen molar-refractivity contribution >= 4 is 17.7 Å². The smallest absolute Gasteiger partial charge is 0.229 e. The highest BCUT2D eigenvalue weighted by Crippen LogP contribution is 2.43. The highest BCUT2D eigenvalue weighted by molar-refractivity contribution is 8.03. The molecule has 3 heterocycles. The average Bonchev–Trinajstić information content (AvgIpc) is 3.37. The van der Waals surface area contributed by atoms with Crippen LogP contribution < -0.4 is 4.74 Å². The largest absolute Gasteiger partial charge is 0.489 e. The molecule has 166 valence electrons. The van der Waals surface area contributed by atoms with Gasteiger partial charge in [-0.2, -0.15) is 5.26 Å². The van der Waals surface area contributed by atoms with Crippen molar-refractivity contribution in [3.05, 3.63) is 100 Å². The number of nitriles is 1. The lowest BCUT2D eigenvalue weighted by Gasteiger charge is -2.41. The van der Waals surface area contributed by atoms with E-state index >= 15 is 0 Å². The van der Waals surface area contributed by atoms with Gasteiger partial charge in [0.1, 0.15) is 18.1 Å². The first-order valence-corrected chi connectivity index (χ1v) is 11.8. The Labute approximate surface area is 197 Å². The minimum atomic E-state index is -0.266. The summed E-state index contributed by atoms with van der Waals surface area (Å²) in [4.78, 5) is 17.0. The lowest BCUT2D eigenvalue weighted by atomic mass is 9.86. The van der Waals surface area contributed by atoms with E-state index in [9.17, 15) is 10.1 Å². The molecule has 0 aliphatic carbocycles. The third-order valence-corrected chi connectivity index (χ3v) is 7.03. The van der Waals surface area contributed by atoms with Gasteiger partial charge >= 0.3 is 0 Å². The molecule has 2 aliphatic rings. The van der Waals surface area contributed by atoms with E-state index in [1.54, 1.807) is 11.2 Å². The fourth-order valence-corrected chi connectivity index (χ4v) is 5.31. The van der Waals surface area contributed by atoms with Crippen LogP contribution in [0, 0.1) is 11.3 Å². The normalized spacial score (nSPS) is 18.7. The van der Waals surface area contributed by atoms with Crippen molar-refractivity contribution in [3.63, 3.8) is 0 Å². The van der Waals surface area contributed by atoms with Gasteiger partial charge in [0.2, 0.25) is 5.91 Å². The summed E-state index contributed by atoms with van der Waals surface area (Å²) in [6.45, 7) is 1.55. The summed E-state index contributed by atoms with van der Waals surface area (Å²) < 4.78 is 11.4. The van der Waals surface area contributed by atoms with Gasteiger partial charge in [0, 0.05) is 12.3 Å². The lowest BCUT2D eigenvalue weighted by Crippen LogP contribution is -2.46. The molecule has 5 rings (SSSR count). The lowest BCUT2D eigenvalue weighted by molar-refractivity contribution is -0.132. The van der Waals surface area contributed by atoms with Crippen molar-refractivity contribution in [2.45, 2.75) is 25.5 Å². The Kier molecular flexibility index (Phi) is 6.20. The molecule has 0 N–H and O–H groups in total. The fourth-order valence-electron chi connectivity index (χ4n) is 4.18. The number of amides is 1. The van der Waals surface area contributed by atoms with Crippen LogP contribution in [0.4, 0.5) is 0 Å². The zero-order valence-corrected chi connectivity index (χ0v) is 18.8. The number of thioether (sulfide) groups is 1. The quantitative estimate of drug-likeness (QED) is 0.515. The standard InChI is InChI=1S/C26H23N3O3S/c27-14-24-23(20-8-4-9-21(12-20)32-16-19-6-2-1-3-7-19)13-25(30)29-17-28(18-33-26(24)29)15-22-10-5-11-31-22/h1-12,23H,13,15-18H2. The zero-order valence-electron chi connectivity index (χ0n) is 18.0. The number of carbonyl (C=O) groups is 1. The SMILES string of the molecule is N#CC1=C2SCN(Cc3ccco3)CN2C(=O)CC1c1cccc(OCc2ccccc2)c1. The van der Waals surface area contributed by atoms with E-state index in [2.05, 4.69) is 11.0 Å². The van der Waals surface area contributed by atoms with Crippen molar-refractivity contribution in [1.82, 2.24) is 9.80 Å². The van der Waals surface area contributed by atoms with E-state index in [4.69, 9.17) is 9.15 Å². The predicted octanol–water partition coefficient (Wildman–Crippen LogP) is 5.07. The summed E-state index contributed by atoms with van der Waals surface area (Å²) in [5.41, 5.74) is 2.66. The van der Waals surface area contributed by atoms with Gasteiger partial charge in [-0.05, 0) is 35.4 Å². The van der Waals surface area contributed by atoms with Crippen molar-refractivity contribution in [1.29, 1.82) is 5.26 Å². The Bertz CT molecular complexity index is 1200. The monoisotopic (exact) mass is 457 g/mol. The molecule has 1 unspecified atom stereocenters. The summed E-state index contributed by atoms with van der Waals surface area (Å²) >= 11 is 1.54. The molecule has 6 nitrogen and oxygen atoms in total. The molecule has 7 heteroatoms. The van der Waals surface area contributed by atoms with E-state index in [1.165, 1.54) is 11.8 Å². The van der Waals surface area contributed by atoms with Crippen LogP contribution in [-0.4, -0.2) is 28.3 Å². The number of hydrogen-bond acceptors (Lipinski definition) is 6. The van der Waals surface area contributed by atoms with Crippen LogP contribution in [0.3, 0.4) is 0 Å². The average molecular weight is 458 g/mol. The van der Waals surface area contributed by atoms with E-state index in [-0.39, 0.29) is 18.2 Å². The summed E-state index contributed by atoms with van der Waals surface area (Å²) in [6, 6.07) is 23.9. The van der Waals surface area contributed by atoms with Crippen molar-refractivity contribution in [3.8, 4) is 11.8 Å². The Morgan fingerprint density at radius 2 is 2.00 bits per heavy atom. The first kappa shape index (κ1) is 21.4. The zero-order chi connectivity index (χ0) is 22.6. The maximum atomic E-state index is 13.1. The molecule has 1 fully saturated rings. The van der Waals surface area contributed by atoms with Crippen LogP contribution >= 0.6 is 11.8 Å². The molecule has 1 aromatic heterocycles. The van der Waals surface area contributed by atoms with Gasteiger partial charge in [0.15, 0.2) is 0 Å². The third kappa shape index (κ3) is 4.68. The second-order valence-corrected chi connectivity index (χ2v) is 9.01. The highest BCUT2D eigenvalue weighted by atomic mass is 32.2. The molecule has 2 aliphatic heterocycles. The third-order valence-electron chi connectivity index (χ3n) is 5.82. The van der Waals surface area contributed by atoms with E-state index in [1.807, 2.05) is 66.7 Å². The molecule has 33 heavy (non-hydrogen) atoms. The number of furan rings is 1. The number of rotatable bonds is 6. The van der Waals surface area contributed by atoms with Gasteiger partial charge in [-0.25, -0.2) is 0 Å². The Morgan fingerprint density at radius 3 is 2.79 bits per heavy atom. The van der Waals surface area contributed by atoms with Crippen molar-refractivity contribution in [2.24, 2.45) is 0 Å². The molecule has 0 spiro atoms. The Balaban J connectivity index is 1.34. The summed E-state index contributed by atoms with van der Waals surface area (Å²) in [7, 11) is 0. The fraction of sp³-hybridized carbons (Fsp3) is 0.231. The number of allylic oxidation sites excluding steroid dienone is 1. The second kappa shape index (κ2) is 9.57. The molecule has 3 aromatic rings. The van der Waals surface area contributed by atoms with Crippen LogP contribution in [0.5, 0.6) is 5.75 Å². The van der Waals surface area contributed by atoms with Crippen LogP contribution in [0.1, 0.15) is 29.2 Å². The topological polar surface area (TPSA) is 69.7 Å². The molecule has 1 atom stereocenters. The molecule has 1 amide bonds. The summed E-state index contributed by atoms with van der Waals surface area (Å²) in [5.74, 6) is 2.05. The molecule has 1 saturated heterocycles. The Morgan fingerprint density at radius 1 is 1.12 bits per heavy atom. The van der Waals surface area contributed by atoms with Crippen LogP contribution in [0.2, 0.25) is 0 Å². The van der Waals surface area contributed by atoms with Crippen LogP contribution in [0.15, 0.2) is 88.0 Å². The van der Waals surface area contributed by atoms with Gasteiger partial charge in [-0.3, -0.25) is 14.6 Å². The molecule has 0 bridgehead atoms. The number of fused-ring (bicyclic) bond motifs is 1. The van der Waals surface area contributed by atoms with Crippen LogP contribution in [-0.2, 0) is 17.9 Å². The molecule has 0 saturated carbocycles. The molecular weight excluding hydrogens is 434 g/mol. The number of carbonyl (C=O) groups excluding carboxylic acids is 1. The summed E-state index contributed by atoms with van der Waals surface area (Å²) in [6.07, 6.45) is 1.92. The maximum absolute atomic E-state index is 13.1. The van der Waals surface area contributed by atoms with E-state index in [0.717, 1.165) is 27.7 Å². The number of nitrogens with zero attached hydrogens (tertiary/aromatic N) is 3.